The van der Waals surface area contributed by atoms with Crippen molar-refractivity contribution in [2.24, 2.45) is 0 Å². The fourth-order valence-electron chi connectivity index (χ4n) is 6.47. The summed E-state index contributed by atoms with van der Waals surface area (Å²) in [6, 6.07) is 0. The SMILES string of the molecule is CC/C=C/C=C/C=C/CCCCCCCC(=O)OCC(COC(=O)CCCCCCCCC/C=C/C/C=C/CCCCC)OC(=O)CCCCCCC/C=C/C=C/C=C/CC. The third-order valence-electron chi connectivity index (χ3n) is 10.2. The summed E-state index contributed by atoms with van der Waals surface area (Å²) in [6.45, 7) is 6.29. The molecule has 0 aliphatic heterocycles. The maximum atomic E-state index is 12.8. The van der Waals surface area contributed by atoms with Gasteiger partial charge >= 0.3 is 17.9 Å². The third kappa shape index (κ3) is 47.2. The first-order chi connectivity index (χ1) is 30.0. The molecule has 1 atom stereocenters. The van der Waals surface area contributed by atoms with Gasteiger partial charge in [-0.15, -0.1) is 0 Å². The van der Waals surface area contributed by atoms with Crippen LogP contribution in [0.1, 0.15) is 213 Å². The fourth-order valence-corrected chi connectivity index (χ4v) is 6.47. The quantitative estimate of drug-likeness (QED) is 0.0200. The molecule has 0 aliphatic carbocycles. The molecule has 1 unspecified atom stereocenters. The molecule has 0 heterocycles. The number of carbonyl (C=O) groups is 3. The standard InChI is InChI=1S/C55H90O6/c1-4-7-10-13-16-19-22-25-26-27-28-31-33-36-39-42-45-48-54(57)60-51-52(61-55(58)49-46-43-40-37-34-30-24-21-18-15-12-9-6-3)50-59-53(56)47-44-41-38-35-32-29-23-20-17-14-11-8-5-2/h8-9,11-12,14-21,23-26,52H,4-7,10,13,22,27-51H2,1-3H3/b11-8+,12-9+,17-14+,18-15+,19-16+,23-20+,24-21+,26-25+. The molecule has 0 fully saturated rings. The summed E-state index contributed by atoms with van der Waals surface area (Å²) in [5.41, 5.74) is 0. The number of ether oxygens (including phenoxy) is 3. The monoisotopic (exact) mass is 847 g/mol. The van der Waals surface area contributed by atoms with E-state index in [0.29, 0.717) is 19.3 Å². The summed E-state index contributed by atoms with van der Waals surface area (Å²) in [5.74, 6) is -0.953. The zero-order valence-corrected chi connectivity index (χ0v) is 39.4. The molecular weight excluding hydrogens is 757 g/mol. The predicted molar refractivity (Wildman–Crippen MR) is 260 cm³/mol. The first kappa shape index (κ1) is 57.3. The molecule has 0 spiro atoms. The van der Waals surface area contributed by atoms with Gasteiger partial charge in [0.25, 0.3) is 0 Å². The largest absolute Gasteiger partial charge is 0.462 e. The number of unbranched alkanes of at least 4 members (excludes halogenated alkanes) is 20. The first-order valence-electron chi connectivity index (χ1n) is 24.8. The topological polar surface area (TPSA) is 78.9 Å². The van der Waals surface area contributed by atoms with Crippen LogP contribution >= 0.6 is 0 Å². The molecular formula is C55H90O6. The summed E-state index contributed by atoms with van der Waals surface area (Å²) in [5, 5.41) is 0. The van der Waals surface area contributed by atoms with E-state index < -0.39 is 6.10 Å². The van der Waals surface area contributed by atoms with Gasteiger partial charge in [0.1, 0.15) is 13.2 Å². The maximum absolute atomic E-state index is 12.8. The van der Waals surface area contributed by atoms with E-state index in [1.54, 1.807) is 0 Å². The molecule has 0 saturated heterocycles. The minimum atomic E-state index is -0.800. The Hall–Kier alpha value is -3.67. The molecule has 0 aromatic carbocycles. The van der Waals surface area contributed by atoms with Crippen LogP contribution in [0.3, 0.4) is 0 Å². The number of carbonyl (C=O) groups excluding carboxylic acids is 3. The van der Waals surface area contributed by atoms with Crippen LogP contribution in [0.5, 0.6) is 0 Å². The highest BCUT2D eigenvalue weighted by Crippen LogP contribution is 2.13. The Morgan fingerprint density at radius 2 is 0.705 bits per heavy atom. The molecule has 0 aromatic rings. The van der Waals surface area contributed by atoms with Crippen molar-refractivity contribution in [3.63, 3.8) is 0 Å². The predicted octanol–water partition coefficient (Wildman–Crippen LogP) is 16.2. The van der Waals surface area contributed by atoms with Crippen LogP contribution in [0, 0.1) is 0 Å². The molecule has 0 aliphatic rings. The highest BCUT2D eigenvalue weighted by atomic mass is 16.6. The molecule has 0 N–H and O–H groups in total. The van der Waals surface area contributed by atoms with Crippen molar-refractivity contribution in [2.45, 2.75) is 219 Å². The van der Waals surface area contributed by atoms with Crippen LogP contribution in [-0.4, -0.2) is 37.2 Å². The second kappa shape index (κ2) is 49.0. The van der Waals surface area contributed by atoms with E-state index in [1.807, 2.05) is 0 Å². The molecule has 0 aromatic heterocycles. The van der Waals surface area contributed by atoms with Crippen molar-refractivity contribution in [2.75, 3.05) is 13.2 Å². The van der Waals surface area contributed by atoms with Gasteiger partial charge in [0.05, 0.1) is 0 Å². The van der Waals surface area contributed by atoms with Crippen molar-refractivity contribution in [3.05, 3.63) is 97.2 Å². The van der Waals surface area contributed by atoms with Gasteiger partial charge in [0, 0.05) is 19.3 Å². The van der Waals surface area contributed by atoms with Gasteiger partial charge in [-0.25, -0.2) is 0 Å². The van der Waals surface area contributed by atoms with E-state index in [0.717, 1.165) is 122 Å². The Kier molecular flexibility index (Phi) is 46.0. The maximum Gasteiger partial charge on any atom is 0.306 e. The molecule has 0 saturated carbocycles. The van der Waals surface area contributed by atoms with Crippen LogP contribution in [-0.2, 0) is 28.6 Å². The average molecular weight is 847 g/mol. The zero-order chi connectivity index (χ0) is 44.4. The van der Waals surface area contributed by atoms with E-state index >= 15 is 0 Å². The van der Waals surface area contributed by atoms with E-state index in [-0.39, 0.29) is 31.1 Å². The lowest BCUT2D eigenvalue weighted by molar-refractivity contribution is -0.167. The highest BCUT2D eigenvalue weighted by molar-refractivity contribution is 5.71. The van der Waals surface area contributed by atoms with Gasteiger partial charge in [-0.1, -0.05) is 201 Å². The van der Waals surface area contributed by atoms with E-state index in [4.69, 9.17) is 14.2 Å². The molecule has 0 radical (unpaired) electrons. The Balaban J connectivity index is 4.45. The van der Waals surface area contributed by atoms with E-state index in [9.17, 15) is 14.4 Å². The summed E-state index contributed by atoms with van der Waals surface area (Å²) >= 11 is 0. The lowest BCUT2D eigenvalue weighted by atomic mass is 10.1. The van der Waals surface area contributed by atoms with Crippen molar-refractivity contribution < 1.29 is 28.6 Å². The van der Waals surface area contributed by atoms with Gasteiger partial charge in [-0.3, -0.25) is 14.4 Å². The molecule has 0 amide bonds. The summed E-state index contributed by atoms with van der Waals surface area (Å²) in [4.78, 5) is 37.9. The third-order valence-corrected chi connectivity index (χ3v) is 10.2. The molecule has 6 nitrogen and oxygen atoms in total. The van der Waals surface area contributed by atoms with E-state index in [1.165, 1.54) is 51.4 Å². The number of allylic oxidation sites excluding steroid dienone is 16. The van der Waals surface area contributed by atoms with Gasteiger partial charge in [-0.2, -0.15) is 0 Å². The van der Waals surface area contributed by atoms with Crippen molar-refractivity contribution in [1.29, 1.82) is 0 Å². The molecule has 0 bridgehead atoms. The second-order valence-corrected chi connectivity index (χ2v) is 16.1. The molecule has 61 heavy (non-hydrogen) atoms. The van der Waals surface area contributed by atoms with Crippen LogP contribution < -0.4 is 0 Å². The van der Waals surface area contributed by atoms with E-state index in [2.05, 4.69) is 118 Å². The minimum Gasteiger partial charge on any atom is -0.462 e. The second-order valence-electron chi connectivity index (χ2n) is 16.1. The minimum absolute atomic E-state index is 0.0984. The van der Waals surface area contributed by atoms with Crippen LogP contribution in [0.4, 0.5) is 0 Å². The zero-order valence-electron chi connectivity index (χ0n) is 39.4. The molecule has 0 rings (SSSR count). The first-order valence-corrected chi connectivity index (χ1v) is 24.8. The van der Waals surface area contributed by atoms with Crippen LogP contribution in [0.2, 0.25) is 0 Å². The Morgan fingerprint density at radius 3 is 1.11 bits per heavy atom. The lowest BCUT2D eigenvalue weighted by Gasteiger charge is -2.18. The number of hydrogen-bond acceptors (Lipinski definition) is 6. The fraction of sp³-hybridized carbons (Fsp3) is 0.655. The van der Waals surface area contributed by atoms with Crippen LogP contribution in [0.15, 0.2) is 97.2 Å². The van der Waals surface area contributed by atoms with Crippen LogP contribution in [0.25, 0.3) is 0 Å². The normalized spacial score (nSPS) is 12.9. The van der Waals surface area contributed by atoms with Gasteiger partial charge in [0.15, 0.2) is 6.10 Å². The summed E-state index contributed by atoms with van der Waals surface area (Å²) in [6.07, 6.45) is 63.9. The lowest BCUT2D eigenvalue weighted by Crippen LogP contribution is -2.30. The average Bonchev–Trinajstić information content (AvgIpc) is 3.26. The van der Waals surface area contributed by atoms with Crippen molar-refractivity contribution in [1.82, 2.24) is 0 Å². The summed E-state index contributed by atoms with van der Waals surface area (Å²) < 4.78 is 16.7. The Morgan fingerprint density at radius 1 is 0.361 bits per heavy atom. The summed E-state index contributed by atoms with van der Waals surface area (Å²) in [7, 11) is 0. The Bertz CT molecular complexity index is 1250. The number of esters is 3. The molecule has 6 heteroatoms. The van der Waals surface area contributed by atoms with Gasteiger partial charge in [0.2, 0.25) is 0 Å². The van der Waals surface area contributed by atoms with Gasteiger partial charge in [-0.05, 0) is 89.9 Å². The molecule has 346 valence electrons. The highest BCUT2D eigenvalue weighted by Gasteiger charge is 2.19. The number of rotatable bonds is 43. The smallest absolute Gasteiger partial charge is 0.306 e. The van der Waals surface area contributed by atoms with Gasteiger partial charge < -0.3 is 14.2 Å². The van der Waals surface area contributed by atoms with Crippen molar-refractivity contribution in [3.8, 4) is 0 Å². The Labute approximate surface area is 375 Å². The van der Waals surface area contributed by atoms with Crippen molar-refractivity contribution >= 4 is 17.9 Å². The number of hydrogen-bond donors (Lipinski definition) is 0.